The lowest BCUT2D eigenvalue weighted by molar-refractivity contribution is -0.138. The highest BCUT2D eigenvalue weighted by atomic mass is 16.5. The van der Waals surface area contributed by atoms with E-state index in [2.05, 4.69) is 33.6 Å². The normalized spacial score (nSPS) is 10.5. The molecule has 0 amide bonds. The minimum Gasteiger partial charge on any atom is -0.480 e. The molecule has 2 aromatic carbocycles. The number of carboxylic acid groups (broad SMARTS) is 2. The number of ether oxygens (including phenoxy) is 2. The number of benzene rings is 2. The van der Waals surface area contributed by atoms with Crippen molar-refractivity contribution in [1.29, 1.82) is 0 Å². The number of rotatable bonds is 16. The zero-order valence-corrected chi connectivity index (χ0v) is 29.7. The number of aromatic carboxylic acids is 1. The second-order valence-electron chi connectivity index (χ2n) is 12.2. The predicted molar refractivity (Wildman–Crippen MR) is 199 cm³/mol. The summed E-state index contributed by atoms with van der Waals surface area (Å²) < 4.78 is 10.1. The Bertz CT molecular complexity index is 2280. The third-order valence-electron chi connectivity index (χ3n) is 7.67. The zero-order valence-electron chi connectivity index (χ0n) is 29.7. The molecule has 3 aromatic heterocycles. The van der Waals surface area contributed by atoms with Crippen LogP contribution >= 0.6 is 0 Å². The van der Waals surface area contributed by atoms with Gasteiger partial charge in [0, 0.05) is 54.5 Å². The average molecular weight is 738 g/mol. The SMILES string of the molecule is Cc1cc(CN(CC(=O)O)Cc2cc(C#Cc3ccccc3)cc(OC=O)n2)nc(CN(COC=O)Cc2cc(C#Cc3ccccc3)cc(C(=O)O)n2)c1. The van der Waals surface area contributed by atoms with E-state index in [1.165, 1.54) is 12.1 Å². The molecule has 0 aliphatic rings. The highest BCUT2D eigenvalue weighted by Gasteiger charge is 2.18. The molecule has 0 aliphatic carbocycles. The summed E-state index contributed by atoms with van der Waals surface area (Å²) >= 11 is 0. The number of carbonyl (C=O) groups excluding carboxylic acids is 2. The van der Waals surface area contributed by atoms with Crippen LogP contribution < -0.4 is 4.74 Å². The fraction of sp³-hybridized carbons (Fsp3) is 0.167. The van der Waals surface area contributed by atoms with Crippen molar-refractivity contribution < 1.29 is 38.9 Å². The van der Waals surface area contributed by atoms with Crippen LogP contribution in [-0.2, 0) is 45.3 Å². The molecule has 0 saturated carbocycles. The van der Waals surface area contributed by atoms with Gasteiger partial charge in [-0.3, -0.25) is 29.2 Å². The van der Waals surface area contributed by atoms with Gasteiger partial charge in [0.2, 0.25) is 5.88 Å². The molecule has 55 heavy (non-hydrogen) atoms. The molecule has 0 atom stereocenters. The average Bonchev–Trinajstić information content (AvgIpc) is 3.15. The topological polar surface area (TPSA) is 172 Å². The number of carbonyl (C=O) groups is 4. The Hall–Kier alpha value is -7.19. The molecule has 3 heterocycles. The molecule has 5 rings (SSSR count). The van der Waals surface area contributed by atoms with Crippen molar-refractivity contribution in [3.63, 3.8) is 0 Å². The Balaban J connectivity index is 1.38. The van der Waals surface area contributed by atoms with Gasteiger partial charge in [-0.2, -0.15) is 0 Å². The number of pyridine rings is 3. The van der Waals surface area contributed by atoms with Crippen molar-refractivity contribution in [3.05, 3.63) is 153 Å². The summed E-state index contributed by atoms with van der Waals surface area (Å²) in [6.45, 7) is 2.38. The third kappa shape index (κ3) is 12.8. The number of aryl methyl sites for hydroxylation is 1. The maximum Gasteiger partial charge on any atom is 0.354 e. The Morgan fingerprint density at radius 2 is 1.15 bits per heavy atom. The van der Waals surface area contributed by atoms with Crippen molar-refractivity contribution in [2.45, 2.75) is 33.1 Å². The van der Waals surface area contributed by atoms with Gasteiger partial charge in [-0.1, -0.05) is 60.1 Å². The molecule has 0 radical (unpaired) electrons. The first-order valence-corrected chi connectivity index (χ1v) is 16.8. The Labute approximate surface area is 317 Å². The van der Waals surface area contributed by atoms with Gasteiger partial charge in [0.15, 0.2) is 0 Å². The lowest BCUT2D eigenvalue weighted by Crippen LogP contribution is -2.30. The van der Waals surface area contributed by atoms with Gasteiger partial charge in [0.05, 0.1) is 29.3 Å². The van der Waals surface area contributed by atoms with E-state index in [1.54, 1.807) is 21.9 Å². The Morgan fingerprint density at radius 3 is 1.67 bits per heavy atom. The van der Waals surface area contributed by atoms with Crippen LogP contribution in [0, 0.1) is 30.6 Å². The van der Waals surface area contributed by atoms with E-state index in [0.29, 0.717) is 40.4 Å². The second kappa shape index (κ2) is 19.6. The molecule has 0 fully saturated rings. The van der Waals surface area contributed by atoms with Crippen molar-refractivity contribution in [1.82, 2.24) is 24.8 Å². The van der Waals surface area contributed by atoms with Gasteiger partial charge in [-0.05, 0) is 67.1 Å². The highest BCUT2D eigenvalue weighted by Crippen LogP contribution is 2.18. The maximum absolute atomic E-state index is 12.0. The number of nitrogens with zero attached hydrogens (tertiary/aromatic N) is 5. The second-order valence-corrected chi connectivity index (χ2v) is 12.2. The monoisotopic (exact) mass is 737 g/mol. The van der Waals surface area contributed by atoms with Crippen molar-refractivity contribution in [2.75, 3.05) is 13.3 Å². The first-order chi connectivity index (χ1) is 26.6. The van der Waals surface area contributed by atoms with E-state index >= 15 is 0 Å². The van der Waals surface area contributed by atoms with Gasteiger partial charge >= 0.3 is 11.9 Å². The van der Waals surface area contributed by atoms with E-state index < -0.39 is 11.9 Å². The fourth-order valence-electron chi connectivity index (χ4n) is 5.54. The summed E-state index contributed by atoms with van der Waals surface area (Å²) in [4.78, 5) is 63.1. The minimum atomic E-state index is -1.22. The first kappa shape index (κ1) is 39.0. The highest BCUT2D eigenvalue weighted by molar-refractivity contribution is 5.85. The maximum atomic E-state index is 12.0. The van der Waals surface area contributed by atoms with Crippen LogP contribution in [0.4, 0.5) is 0 Å². The van der Waals surface area contributed by atoms with Gasteiger partial charge in [-0.15, -0.1) is 0 Å². The van der Waals surface area contributed by atoms with E-state index in [9.17, 15) is 29.4 Å². The fourth-order valence-corrected chi connectivity index (χ4v) is 5.54. The molecular formula is C42H35N5O8. The number of aliphatic carboxylic acids is 1. The van der Waals surface area contributed by atoms with Crippen LogP contribution in [0.25, 0.3) is 0 Å². The largest absolute Gasteiger partial charge is 0.480 e. The Kier molecular flexibility index (Phi) is 13.9. The zero-order chi connectivity index (χ0) is 39.0. The molecule has 13 nitrogen and oxygen atoms in total. The summed E-state index contributed by atoms with van der Waals surface area (Å²) in [5.41, 5.74) is 5.11. The van der Waals surface area contributed by atoms with Crippen molar-refractivity contribution in [3.8, 4) is 29.6 Å². The van der Waals surface area contributed by atoms with Gasteiger partial charge in [0.25, 0.3) is 12.9 Å². The van der Waals surface area contributed by atoms with E-state index in [-0.39, 0.29) is 57.5 Å². The number of hydrogen-bond acceptors (Lipinski definition) is 11. The van der Waals surface area contributed by atoms with Crippen LogP contribution in [-0.4, -0.2) is 73.1 Å². The molecule has 5 aromatic rings. The van der Waals surface area contributed by atoms with Gasteiger partial charge < -0.3 is 19.7 Å². The van der Waals surface area contributed by atoms with Crippen LogP contribution in [0.3, 0.4) is 0 Å². The lowest BCUT2D eigenvalue weighted by Gasteiger charge is -2.23. The predicted octanol–water partition coefficient (Wildman–Crippen LogP) is 4.43. The van der Waals surface area contributed by atoms with Crippen molar-refractivity contribution in [2.24, 2.45) is 0 Å². The summed E-state index contributed by atoms with van der Waals surface area (Å²) in [5, 5.41) is 19.5. The van der Waals surface area contributed by atoms with Crippen molar-refractivity contribution >= 4 is 24.9 Å². The standard InChI is InChI=1S/C42H35N5O8/c1-30-16-35(22-46(26-41(50)51)23-38-19-34(21-40(45-38)55-29-49)15-13-32-10-6-3-7-11-32)43-36(17-30)24-47(27-54-28-48)25-37-18-33(20-39(44-37)42(52)53)14-12-31-8-4-2-5-9-31/h2-11,16-21,28-29H,22-27H2,1H3,(H,50,51)(H,52,53). The molecular weight excluding hydrogens is 702 g/mol. The van der Waals surface area contributed by atoms with E-state index in [4.69, 9.17) is 14.5 Å². The molecule has 13 heteroatoms. The molecule has 276 valence electrons. The number of hydrogen-bond donors (Lipinski definition) is 2. The molecule has 0 aliphatic heterocycles. The minimum absolute atomic E-state index is 0.0208. The summed E-state index contributed by atoms with van der Waals surface area (Å²) in [5.74, 6) is 9.85. The van der Waals surface area contributed by atoms with Crippen LogP contribution in [0.2, 0.25) is 0 Å². The van der Waals surface area contributed by atoms with E-state index in [0.717, 1.165) is 16.7 Å². The Morgan fingerprint density at radius 1 is 0.636 bits per heavy atom. The lowest BCUT2D eigenvalue weighted by atomic mass is 10.1. The quantitative estimate of drug-likeness (QED) is 0.0829. The molecule has 0 spiro atoms. The van der Waals surface area contributed by atoms with Crippen LogP contribution in [0.5, 0.6) is 5.88 Å². The van der Waals surface area contributed by atoms with E-state index in [1.807, 2.05) is 79.7 Å². The molecule has 2 N–H and O–H groups in total. The van der Waals surface area contributed by atoms with Gasteiger partial charge in [0.1, 0.15) is 12.4 Å². The summed E-state index contributed by atoms with van der Waals surface area (Å²) in [6, 6.07) is 28.6. The first-order valence-electron chi connectivity index (χ1n) is 16.8. The number of carboxylic acids is 2. The third-order valence-corrected chi connectivity index (χ3v) is 7.67. The van der Waals surface area contributed by atoms with Gasteiger partial charge in [-0.25, -0.2) is 14.8 Å². The van der Waals surface area contributed by atoms with Crippen LogP contribution in [0.15, 0.2) is 97.1 Å². The van der Waals surface area contributed by atoms with Crippen LogP contribution in [0.1, 0.15) is 61.1 Å². The number of aromatic nitrogens is 3. The molecule has 0 bridgehead atoms. The smallest absolute Gasteiger partial charge is 0.354 e. The molecule has 0 saturated heterocycles. The molecule has 0 unspecified atom stereocenters. The summed E-state index contributed by atoms with van der Waals surface area (Å²) in [6.07, 6.45) is 0. The summed E-state index contributed by atoms with van der Waals surface area (Å²) in [7, 11) is 0.